The second-order valence-electron chi connectivity index (χ2n) is 5.52. The molecule has 0 aliphatic carbocycles. The second-order valence-corrected chi connectivity index (χ2v) is 5.52. The number of hydrogen-bond acceptors (Lipinski definition) is 3. The third-order valence-corrected chi connectivity index (χ3v) is 3.68. The SMILES string of the molecule is COC[C@H](C)NC(=O)NCC(=O)N1CCc2ccccc2C1. The third-order valence-electron chi connectivity index (χ3n) is 3.68. The van der Waals surface area contributed by atoms with Crippen LogP contribution >= 0.6 is 0 Å². The van der Waals surface area contributed by atoms with E-state index < -0.39 is 0 Å². The van der Waals surface area contributed by atoms with Gasteiger partial charge in [-0.05, 0) is 24.5 Å². The summed E-state index contributed by atoms with van der Waals surface area (Å²) >= 11 is 0. The van der Waals surface area contributed by atoms with Crippen molar-refractivity contribution in [2.45, 2.75) is 25.9 Å². The van der Waals surface area contributed by atoms with Crippen LogP contribution < -0.4 is 10.6 Å². The van der Waals surface area contributed by atoms with Gasteiger partial charge in [0, 0.05) is 20.2 Å². The number of rotatable bonds is 5. The number of carbonyl (C=O) groups is 2. The summed E-state index contributed by atoms with van der Waals surface area (Å²) in [5, 5.41) is 5.31. The highest BCUT2D eigenvalue weighted by atomic mass is 16.5. The fourth-order valence-corrected chi connectivity index (χ4v) is 2.54. The van der Waals surface area contributed by atoms with E-state index >= 15 is 0 Å². The predicted molar refractivity (Wildman–Crippen MR) is 83.4 cm³/mol. The molecule has 2 N–H and O–H groups in total. The Kier molecular flexibility index (Phi) is 5.77. The van der Waals surface area contributed by atoms with Crippen molar-refractivity contribution in [3.8, 4) is 0 Å². The van der Waals surface area contributed by atoms with Crippen molar-refractivity contribution in [3.05, 3.63) is 35.4 Å². The number of amides is 3. The summed E-state index contributed by atoms with van der Waals surface area (Å²) in [6.45, 7) is 3.59. The molecule has 0 unspecified atom stereocenters. The molecular weight excluding hydrogens is 282 g/mol. The average molecular weight is 305 g/mol. The van der Waals surface area contributed by atoms with E-state index in [9.17, 15) is 9.59 Å². The molecule has 3 amide bonds. The first kappa shape index (κ1) is 16.3. The minimum Gasteiger partial charge on any atom is -0.383 e. The van der Waals surface area contributed by atoms with Crippen LogP contribution in [0.2, 0.25) is 0 Å². The lowest BCUT2D eigenvalue weighted by atomic mass is 10.00. The fraction of sp³-hybridized carbons (Fsp3) is 0.500. The first-order valence-electron chi connectivity index (χ1n) is 7.48. The lowest BCUT2D eigenvalue weighted by Crippen LogP contribution is -2.47. The maximum atomic E-state index is 12.2. The van der Waals surface area contributed by atoms with E-state index in [0.717, 1.165) is 6.42 Å². The van der Waals surface area contributed by atoms with Gasteiger partial charge in [0.15, 0.2) is 0 Å². The maximum Gasteiger partial charge on any atom is 0.315 e. The summed E-state index contributed by atoms with van der Waals surface area (Å²) in [6.07, 6.45) is 0.860. The average Bonchev–Trinajstić information content (AvgIpc) is 2.52. The Morgan fingerprint density at radius 3 is 2.77 bits per heavy atom. The van der Waals surface area contributed by atoms with Crippen LogP contribution in [0.3, 0.4) is 0 Å². The van der Waals surface area contributed by atoms with Crippen molar-refractivity contribution in [1.29, 1.82) is 0 Å². The van der Waals surface area contributed by atoms with Gasteiger partial charge in [0.25, 0.3) is 0 Å². The Hall–Kier alpha value is -2.08. The highest BCUT2D eigenvalue weighted by Crippen LogP contribution is 2.18. The van der Waals surface area contributed by atoms with Crippen molar-refractivity contribution < 1.29 is 14.3 Å². The van der Waals surface area contributed by atoms with Gasteiger partial charge in [-0.3, -0.25) is 4.79 Å². The number of benzene rings is 1. The Morgan fingerprint density at radius 2 is 2.05 bits per heavy atom. The molecule has 1 atom stereocenters. The lowest BCUT2D eigenvalue weighted by Gasteiger charge is -2.29. The van der Waals surface area contributed by atoms with Gasteiger partial charge in [0.05, 0.1) is 19.2 Å². The van der Waals surface area contributed by atoms with E-state index in [1.54, 1.807) is 12.0 Å². The summed E-state index contributed by atoms with van der Waals surface area (Å²) < 4.78 is 4.94. The molecule has 0 bridgehead atoms. The highest BCUT2D eigenvalue weighted by molar-refractivity contribution is 5.84. The fourth-order valence-electron chi connectivity index (χ4n) is 2.54. The van der Waals surface area contributed by atoms with Gasteiger partial charge in [0.2, 0.25) is 5.91 Å². The summed E-state index contributed by atoms with van der Waals surface area (Å²) in [5.41, 5.74) is 2.48. The summed E-state index contributed by atoms with van der Waals surface area (Å²) in [4.78, 5) is 25.6. The second kappa shape index (κ2) is 7.79. The Balaban J connectivity index is 1.78. The first-order chi connectivity index (χ1) is 10.6. The van der Waals surface area contributed by atoms with E-state index in [2.05, 4.69) is 16.7 Å². The molecule has 0 fully saturated rings. The zero-order valence-electron chi connectivity index (χ0n) is 13.1. The van der Waals surface area contributed by atoms with Crippen LogP contribution in [0, 0.1) is 0 Å². The lowest BCUT2D eigenvalue weighted by molar-refractivity contribution is -0.131. The smallest absolute Gasteiger partial charge is 0.315 e. The quantitative estimate of drug-likeness (QED) is 0.849. The van der Waals surface area contributed by atoms with E-state index in [0.29, 0.717) is 19.7 Å². The van der Waals surface area contributed by atoms with Crippen molar-refractivity contribution in [3.63, 3.8) is 0 Å². The Bertz CT molecular complexity index is 533. The van der Waals surface area contributed by atoms with Crippen molar-refractivity contribution in [1.82, 2.24) is 15.5 Å². The summed E-state index contributed by atoms with van der Waals surface area (Å²) in [7, 11) is 1.58. The van der Waals surface area contributed by atoms with Crippen LogP contribution in [-0.2, 0) is 22.5 Å². The number of nitrogens with one attached hydrogen (secondary N) is 2. The van der Waals surface area contributed by atoms with Gasteiger partial charge in [-0.2, -0.15) is 0 Å². The van der Waals surface area contributed by atoms with Crippen LogP contribution in [0.4, 0.5) is 4.79 Å². The maximum absolute atomic E-state index is 12.2. The first-order valence-corrected chi connectivity index (χ1v) is 7.48. The normalized spacial score (nSPS) is 14.9. The van der Waals surface area contributed by atoms with Crippen LogP contribution in [0.25, 0.3) is 0 Å². The number of hydrogen-bond donors (Lipinski definition) is 2. The molecule has 1 aliphatic rings. The van der Waals surface area contributed by atoms with Gasteiger partial charge in [-0.25, -0.2) is 4.79 Å². The molecule has 6 heteroatoms. The number of urea groups is 1. The summed E-state index contributed by atoms with van der Waals surface area (Å²) in [6, 6.07) is 7.69. The molecule has 0 aromatic heterocycles. The van der Waals surface area contributed by atoms with Crippen LogP contribution in [0.1, 0.15) is 18.1 Å². The van der Waals surface area contributed by atoms with Crippen LogP contribution in [-0.4, -0.2) is 49.7 Å². The molecule has 0 spiro atoms. The molecule has 2 rings (SSSR count). The highest BCUT2D eigenvalue weighted by Gasteiger charge is 2.20. The minimum atomic E-state index is -0.352. The van der Waals surface area contributed by atoms with Crippen molar-refractivity contribution >= 4 is 11.9 Å². The van der Waals surface area contributed by atoms with Crippen molar-refractivity contribution in [2.24, 2.45) is 0 Å². The van der Waals surface area contributed by atoms with E-state index in [-0.39, 0.29) is 24.5 Å². The minimum absolute atomic E-state index is 0.00764. The number of carbonyl (C=O) groups excluding carboxylic acids is 2. The van der Waals surface area contributed by atoms with E-state index in [1.807, 2.05) is 25.1 Å². The molecule has 22 heavy (non-hydrogen) atoms. The molecule has 1 heterocycles. The Morgan fingerprint density at radius 1 is 1.32 bits per heavy atom. The van der Waals surface area contributed by atoms with E-state index in [4.69, 9.17) is 4.74 Å². The molecule has 1 aromatic rings. The molecule has 0 saturated carbocycles. The van der Waals surface area contributed by atoms with Gasteiger partial charge in [-0.1, -0.05) is 24.3 Å². The standard InChI is InChI=1S/C16H23N3O3/c1-12(11-22-2)18-16(21)17-9-15(20)19-8-7-13-5-3-4-6-14(13)10-19/h3-6,12H,7-11H2,1-2H3,(H2,17,18,21)/t12-/m0/s1. The molecule has 0 radical (unpaired) electrons. The third kappa shape index (κ3) is 4.46. The van der Waals surface area contributed by atoms with E-state index in [1.165, 1.54) is 11.1 Å². The number of nitrogens with zero attached hydrogens (tertiary/aromatic N) is 1. The zero-order valence-corrected chi connectivity index (χ0v) is 13.1. The van der Waals surface area contributed by atoms with Gasteiger partial charge in [-0.15, -0.1) is 0 Å². The molecule has 120 valence electrons. The Labute approximate surface area is 130 Å². The van der Waals surface area contributed by atoms with Crippen LogP contribution in [0.15, 0.2) is 24.3 Å². The molecule has 1 aromatic carbocycles. The number of ether oxygens (including phenoxy) is 1. The zero-order chi connectivity index (χ0) is 15.9. The monoisotopic (exact) mass is 305 g/mol. The topological polar surface area (TPSA) is 70.7 Å². The van der Waals surface area contributed by atoms with Crippen LogP contribution in [0.5, 0.6) is 0 Å². The molecule has 0 saturated heterocycles. The molecule has 1 aliphatic heterocycles. The molecule has 6 nitrogen and oxygen atoms in total. The predicted octanol–water partition coefficient (Wildman–Crippen LogP) is 0.905. The summed E-state index contributed by atoms with van der Waals surface area (Å²) in [5.74, 6) is -0.0657. The van der Waals surface area contributed by atoms with Crippen molar-refractivity contribution in [2.75, 3.05) is 26.8 Å². The number of methoxy groups -OCH3 is 1. The van der Waals surface area contributed by atoms with Gasteiger partial charge < -0.3 is 20.3 Å². The van der Waals surface area contributed by atoms with Gasteiger partial charge >= 0.3 is 6.03 Å². The largest absolute Gasteiger partial charge is 0.383 e. The number of fused-ring (bicyclic) bond motifs is 1. The molecular formula is C16H23N3O3. The van der Waals surface area contributed by atoms with Gasteiger partial charge in [0.1, 0.15) is 0 Å².